The minimum atomic E-state index is -0.397. The summed E-state index contributed by atoms with van der Waals surface area (Å²) >= 11 is 0. The van der Waals surface area contributed by atoms with Gasteiger partial charge in [0, 0.05) is 23.2 Å². The number of amides is 1. The number of para-hydroxylation sites is 3. The predicted molar refractivity (Wildman–Crippen MR) is 99.6 cm³/mol. The Morgan fingerprint density at radius 3 is 2.15 bits per heavy atom. The number of fused-ring (bicyclic) bond motifs is 2. The molecule has 4 nitrogen and oxygen atoms in total. The Bertz CT molecular complexity index is 906. The SMILES string of the molecule is COc1ccccc1CNC(=O)C1c2ccccc2Oc2ccccc21. The molecule has 0 aromatic heterocycles. The van der Waals surface area contributed by atoms with Crippen LogP contribution in [0.4, 0.5) is 0 Å². The quantitative estimate of drug-likeness (QED) is 0.769. The van der Waals surface area contributed by atoms with E-state index in [0.717, 1.165) is 33.9 Å². The Morgan fingerprint density at radius 1 is 0.923 bits per heavy atom. The van der Waals surface area contributed by atoms with Crippen LogP contribution < -0.4 is 14.8 Å². The first-order chi connectivity index (χ1) is 12.8. The molecule has 26 heavy (non-hydrogen) atoms. The highest BCUT2D eigenvalue weighted by molar-refractivity contribution is 5.89. The topological polar surface area (TPSA) is 47.6 Å². The number of hydrogen-bond donors (Lipinski definition) is 1. The number of rotatable bonds is 4. The first-order valence-corrected chi connectivity index (χ1v) is 8.53. The summed E-state index contributed by atoms with van der Waals surface area (Å²) in [5, 5.41) is 3.05. The summed E-state index contributed by atoms with van der Waals surface area (Å²) in [6, 6.07) is 23.0. The van der Waals surface area contributed by atoms with Crippen LogP contribution >= 0.6 is 0 Å². The molecule has 1 aliphatic heterocycles. The van der Waals surface area contributed by atoms with E-state index in [-0.39, 0.29) is 5.91 Å². The van der Waals surface area contributed by atoms with Crippen LogP contribution in [0.3, 0.4) is 0 Å². The van der Waals surface area contributed by atoms with Crippen molar-refractivity contribution >= 4 is 5.91 Å². The second-order valence-corrected chi connectivity index (χ2v) is 6.14. The smallest absolute Gasteiger partial charge is 0.232 e. The van der Waals surface area contributed by atoms with Crippen molar-refractivity contribution in [3.63, 3.8) is 0 Å². The molecule has 1 aliphatic rings. The molecule has 1 heterocycles. The number of ether oxygens (including phenoxy) is 2. The highest BCUT2D eigenvalue weighted by Gasteiger charge is 2.32. The second kappa shape index (κ2) is 6.92. The molecule has 1 N–H and O–H groups in total. The summed E-state index contributed by atoms with van der Waals surface area (Å²) in [7, 11) is 1.63. The fourth-order valence-electron chi connectivity index (χ4n) is 3.33. The molecule has 0 atom stereocenters. The summed E-state index contributed by atoms with van der Waals surface area (Å²) in [6.45, 7) is 0.407. The van der Waals surface area contributed by atoms with Crippen molar-refractivity contribution in [2.75, 3.05) is 7.11 Å². The van der Waals surface area contributed by atoms with Gasteiger partial charge in [0.15, 0.2) is 0 Å². The van der Waals surface area contributed by atoms with Gasteiger partial charge >= 0.3 is 0 Å². The predicted octanol–water partition coefficient (Wildman–Crippen LogP) is 4.25. The van der Waals surface area contributed by atoms with Crippen LogP contribution in [-0.4, -0.2) is 13.0 Å². The first-order valence-electron chi connectivity index (χ1n) is 8.53. The molecule has 1 amide bonds. The molecule has 0 spiro atoms. The lowest BCUT2D eigenvalue weighted by Crippen LogP contribution is -2.31. The van der Waals surface area contributed by atoms with Crippen molar-refractivity contribution < 1.29 is 14.3 Å². The van der Waals surface area contributed by atoms with E-state index in [9.17, 15) is 4.79 Å². The van der Waals surface area contributed by atoms with E-state index in [1.54, 1.807) is 7.11 Å². The Labute approximate surface area is 152 Å². The molecule has 0 unspecified atom stereocenters. The molecule has 0 fully saturated rings. The molecular formula is C22H19NO3. The maximum Gasteiger partial charge on any atom is 0.232 e. The lowest BCUT2D eigenvalue weighted by molar-refractivity contribution is -0.122. The van der Waals surface area contributed by atoms with Gasteiger partial charge in [-0.1, -0.05) is 54.6 Å². The molecule has 0 bridgehead atoms. The molecule has 130 valence electrons. The summed E-state index contributed by atoms with van der Waals surface area (Å²) in [5.41, 5.74) is 2.70. The van der Waals surface area contributed by atoms with Crippen molar-refractivity contribution in [2.24, 2.45) is 0 Å². The molecule has 0 aliphatic carbocycles. The van der Waals surface area contributed by atoms with Crippen LogP contribution in [0.15, 0.2) is 72.8 Å². The first kappa shape index (κ1) is 16.2. The maximum atomic E-state index is 13.1. The average molecular weight is 345 g/mol. The van der Waals surface area contributed by atoms with Crippen LogP contribution in [0, 0.1) is 0 Å². The minimum absolute atomic E-state index is 0.0564. The molecule has 0 radical (unpaired) electrons. The van der Waals surface area contributed by atoms with E-state index >= 15 is 0 Å². The number of carbonyl (C=O) groups excluding carboxylic acids is 1. The number of methoxy groups -OCH3 is 1. The van der Waals surface area contributed by atoms with Crippen molar-refractivity contribution in [3.05, 3.63) is 89.5 Å². The number of hydrogen-bond acceptors (Lipinski definition) is 3. The van der Waals surface area contributed by atoms with Crippen LogP contribution in [0.1, 0.15) is 22.6 Å². The van der Waals surface area contributed by atoms with Crippen molar-refractivity contribution in [1.82, 2.24) is 5.32 Å². The zero-order valence-electron chi connectivity index (χ0n) is 14.4. The monoisotopic (exact) mass is 345 g/mol. The number of benzene rings is 3. The van der Waals surface area contributed by atoms with E-state index in [1.165, 1.54) is 0 Å². The van der Waals surface area contributed by atoms with Crippen molar-refractivity contribution in [3.8, 4) is 17.2 Å². The Hall–Kier alpha value is -3.27. The van der Waals surface area contributed by atoms with E-state index in [4.69, 9.17) is 9.47 Å². The summed E-state index contributed by atoms with van der Waals surface area (Å²) < 4.78 is 11.3. The standard InChI is InChI=1S/C22H19NO3/c1-25-18-11-5-2-8-15(18)14-23-22(24)21-16-9-3-6-12-19(16)26-20-13-7-4-10-17(20)21/h2-13,21H,14H2,1H3,(H,23,24). The van der Waals surface area contributed by atoms with Crippen LogP contribution in [0.25, 0.3) is 0 Å². The van der Waals surface area contributed by atoms with Gasteiger partial charge in [-0.15, -0.1) is 0 Å². The van der Waals surface area contributed by atoms with Gasteiger partial charge in [-0.05, 0) is 18.2 Å². The van der Waals surface area contributed by atoms with Gasteiger partial charge in [0.2, 0.25) is 5.91 Å². The van der Waals surface area contributed by atoms with Gasteiger partial charge in [0.25, 0.3) is 0 Å². The highest BCUT2D eigenvalue weighted by Crippen LogP contribution is 2.43. The van der Waals surface area contributed by atoms with Gasteiger partial charge in [-0.25, -0.2) is 0 Å². The summed E-state index contributed by atoms with van der Waals surface area (Å²) in [4.78, 5) is 13.1. The van der Waals surface area contributed by atoms with Crippen LogP contribution in [0.5, 0.6) is 17.2 Å². The third-order valence-electron chi connectivity index (χ3n) is 4.59. The molecule has 0 saturated carbocycles. The van der Waals surface area contributed by atoms with Gasteiger partial charge in [-0.3, -0.25) is 4.79 Å². The van der Waals surface area contributed by atoms with Crippen molar-refractivity contribution in [2.45, 2.75) is 12.5 Å². The number of carbonyl (C=O) groups is 1. The van der Waals surface area contributed by atoms with Crippen LogP contribution in [-0.2, 0) is 11.3 Å². The largest absolute Gasteiger partial charge is 0.496 e. The average Bonchev–Trinajstić information content (AvgIpc) is 2.70. The lowest BCUT2D eigenvalue weighted by atomic mass is 9.87. The third-order valence-corrected chi connectivity index (χ3v) is 4.59. The molecule has 0 saturated heterocycles. The zero-order valence-corrected chi connectivity index (χ0v) is 14.4. The van der Waals surface area contributed by atoms with E-state index in [1.807, 2.05) is 72.8 Å². The highest BCUT2D eigenvalue weighted by atomic mass is 16.5. The lowest BCUT2D eigenvalue weighted by Gasteiger charge is -2.27. The normalized spacial score (nSPS) is 12.5. The fraction of sp³-hybridized carbons (Fsp3) is 0.136. The summed E-state index contributed by atoms with van der Waals surface area (Å²) in [5.74, 6) is 1.76. The molecule has 4 rings (SSSR count). The van der Waals surface area contributed by atoms with E-state index in [2.05, 4.69) is 5.32 Å². The Morgan fingerprint density at radius 2 is 1.50 bits per heavy atom. The van der Waals surface area contributed by atoms with Gasteiger partial charge in [-0.2, -0.15) is 0 Å². The van der Waals surface area contributed by atoms with Gasteiger partial charge < -0.3 is 14.8 Å². The minimum Gasteiger partial charge on any atom is -0.496 e. The molecule has 3 aromatic rings. The molecule has 4 heteroatoms. The Kier molecular flexibility index (Phi) is 4.32. The van der Waals surface area contributed by atoms with E-state index < -0.39 is 5.92 Å². The van der Waals surface area contributed by atoms with Crippen molar-refractivity contribution in [1.29, 1.82) is 0 Å². The van der Waals surface area contributed by atoms with Gasteiger partial charge in [0.05, 0.1) is 13.0 Å². The number of nitrogens with one attached hydrogen (secondary N) is 1. The third kappa shape index (κ3) is 2.90. The zero-order chi connectivity index (χ0) is 17.9. The van der Waals surface area contributed by atoms with Gasteiger partial charge in [0.1, 0.15) is 17.2 Å². The second-order valence-electron chi connectivity index (χ2n) is 6.14. The van der Waals surface area contributed by atoms with Crippen LogP contribution in [0.2, 0.25) is 0 Å². The molecular weight excluding hydrogens is 326 g/mol. The maximum absolute atomic E-state index is 13.1. The fourth-order valence-corrected chi connectivity index (χ4v) is 3.33. The van der Waals surface area contributed by atoms with E-state index in [0.29, 0.717) is 6.54 Å². The molecule has 3 aromatic carbocycles. The summed E-state index contributed by atoms with van der Waals surface area (Å²) in [6.07, 6.45) is 0. The Balaban J connectivity index is 1.64.